The Morgan fingerprint density at radius 3 is 2.56 bits per heavy atom. The van der Waals surface area contributed by atoms with Gasteiger partial charge in [0, 0.05) is 51.1 Å². The Balaban J connectivity index is 1.26. The molecule has 0 saturated carbocycles. The number of hydrazone groups is 1. The van der Waals surface area contributed by atoms with Crippen molar-refractivity contribution in [2.45, 2.75) is 26.3 Å². The summed E-state index contributed by atoms with van der Waals surface area (Å²) in [5, 5.41) is 10.7. The third-order valence-corrected chi connectivity index (χ3v) is 6.62. The van der Waals surface area contributed by atoms with Crippen LogP contribution in [0.5, 0.6) is 0 Å². The topological polar surface area (TPSA) is 95.6 Å². The predicted octanol–water partition coefficient (Wildman–Crippen LogP) is 3.14. The van der Waals surface area contributed by atoms with Crippen molar-refractivity contribution < 1.29 is 9.18 Å². The summed E-state index contributed by atoms with van der Waals surface area (Å²) in [6.07, 6.45) is 6.42. The minimum Gasteiger partial charge on any atom is -0.353 e. The maximum absolute atomic E-state index is 13.6. The van der Waals surface area contributed by atoms with Gasteiger partial charge >= 0.3 is 6.03 Å². The third-order valence-electron chi connectivity index (χ3n) is 6.07. The zero-order valence-electron chi connectivity index (χ0n) is 18.8. The predicted molar refractivity (Wildman–Crippen MR) is 125 cm³/mol. The SMILES string of the molecule is Cc1nn(-c2cc(N3CCN(C(=O)N4N=CC[C@H]4c4cncc(F)c4)CC3)ncn2)c(C)c1Cl. The summed E-state index contributed by atoms with van der Waals surface area (Å²) in [6, 6.07) is 2.70. The van der Waals surface area contributed by atoms with Crippen LogP contribution in [0.2, 0.25) is 5.02 Å². The van der Waals surface area contributed by atoms with E-state index in [-0.39, 0.29) is 12.1 Å². The van der Waals surface area contributed by atoms with E-state index in [9.17, 15) is 9.18 Å². The molecule has 12 heteroatoms. The molecule has 0 N–H and O–H groups in total. The molecule has 34 heavy (non-hydrogen) atoms. The zero-order chi connectivity index (χ0) is 23.8. The number of urea groups is 1. The monoisotopic (exact) mass is 483 g/mol. The smallest absolute Gasteiger partial charge is 0.341 e. The molecule has 10 nitrogen and oxygen atoms in total. The van der Waals surface area contributed by atoms with Gasteiger partial charge in [0.1, 0.15) is 18.0 Å². The molecule has 5 heterocycles. The van der Waals surface area contributed by atoms with Crippen LogP contribution in [0.3, 0.4) is 0 Å². The number of anilines is 1. The fraction of sp³-hybridized carbons (Fsp3) is 0.364. The van der Waals surface area contributed by atoms with Gasteiger partial charge in [-0.25, -0.2) is 28.8 Å². The average molecular weight is 484 g/mol. The van der Waals surface area contributed by atoms with E-state index in [0.717, 1.165) is 23.4 Å². The fourth-order valence-corrected chi connectivity index (χ4v) is 4.35. The molecule has 2 amide bonds. The standard InChI is InChI=1S/C22H23ClFN9O/c1-14-21(23)15(2)32(29-14)20-10-19(26-13-27-20)30-5-7-31(8-6-30)22(34)33-18(3-4-28-33)16-9-17(24)12-25-11-16/h4,9-13,18H,3,5-8H2,1-2H3/t18-/m0/s1. The molecule has 1 fully saturated rings. The second-order valence-corrected chi connectivity index (χ2v) is 8.60. The van der Waals surface area contributed by atoms with Crippen LogP contribution >= 0.6 is 11.6 Å². The number of carbonyl (C=O) groups excluding carboxylic acids is 1. The highest BCUT2D eigenvalue weighted by atomic mass is 35.5. The minimum absolute atomic E-state index is 0.205. The van der Waals surface area contributed by atoms with Crippen molar-refractivity contribution in [3.05, 3.63) is 58.6 Å². The highest BCUT2D eigenvalue weighted by Gasteiger charge is 2.33. The van der Waals surface area contributed by atoms with Gasteiger partial charge in [-0.3, -0.25) is 4.98 Å². The summed E-state index contributed by atoms with van der Waals surface area (Å²) < 4.78 is 15.3. The van der Waals surface area contributed by atoms with Crippen LogP contribution < -0.4 is 4.90 Å². The summed E-state index contributed by atoms with van der Waals surface area (Å²) >= 11 is 6.28. The average Bonchev–Trinajstić information content (AvgIpc) is 3.45. The van der Waals surface area contributed by atoms with Crippen LogP contribution in [0.15, 0.2) is 36.0 Å². The number of nitrogens with zero attached hydrogens (tertiary/aromatic N) is 9. The molecule has 0 spiro atoms. The molecule has 0 unspecified atom stereocenters. The molecule has 0 aromatic carbocycles. The van der Waals surface area contributed by atoms with E-state index in [1.165, 1.54) is 17.4 Å². The number of aromatic nitrogens is 5. The number of halogens is 2. The number of pyridine rings is 1. The first-order valence-corrected chi connectivity index (χ1v) is 11.3. The molecule has 5 rings (SSSR count). The summed E-state index contributed by atoms with van der Waals surface area (Å²) in [4.78, 5) is 29.7. The largest absolute Gasteiger partial charge is 0.353 e. The van der Waals surface area contributed by atoms with E-state index in [4.69, 9.17) is 11.6 Å². The van der Waals surface area contributed by atoms with Gasteiger partial charge < -0.3 is 9.80 Å². The highest BCUT2D eigenvalue weighted by Crippen LogP contribution is 2.29. The molecule has 0 bridgehead atoms. The Kier molecular flexibility index (Phi) is 5.86. The summed E-state index contributed by atoms with van der Waals surface area (Å²) in [5.41, 5.74) is 2.18. The van der Waals surface area contributed by atoms with Crippen molar-refractivity contribution in [2.24, 2.45) is 5.10 Å². The molecule has 3 aromatic rings. The first-order valence-electron chi connectivity index (χ1n) is 10.9. The second-order valence-electron chi connectivity index (χ2n) is 8.22. The van der Waals surface area contributed by atoms with Gasteiger partial charge in [0.25, 0.3) is 0 Å². The Morgan fingerprint density at radius 2 is 1.85 bits per heavy atom. The Labute approximate surface area is 200 Å². The van der Waals surface area contributed by atoms with E-state index in [2.05, 4.69) is 30.1 Å². The lowest BCUT2D eigenvalue weighted by atomic mass is 10.1. The summed E-state index contributed by atoms with van der Waals surface area (Å²) in [7, 11) is 0. The summed E-state index contributed by atoms with van der Waals surface area (Å²) in [5.74, 6) is 0.954. The lowest BCUT2D eigenvalue weighted by Gasteiger charge is -2.37. The van der Waals surface area contributed by atoms with Crippen LogP contribution in [0.25, 0.3) is 5.82 Å². The maximum Gasteiger partial charge on any atom is 0.341 e. The van der Waals surface area contributed by atoms with Crippen molar-refractivity contribution in [1.29, 1.82) is 0 Å². The van der Waals surface area contributed by atoms with Crippen molar-refractivity contribution in [3.8, 4) is 5.82 Å². The Morgan fingerprint density at radius 1 is 1.09 bits per heavy atom. The van der Waals surface area contributed by atoms with Gasteiger partial charge in [-0.2, -0.15) is 10.2 Å². The van der Waals surface area contributed by atoms with Gasteiger partial charge in [0.2, 0.25) is 0 Å². The van der Waals surface area contributed by atoms with E-state index in [1.807, 2.05) is 19.9 Å². The molecule has 1 atom stereocenters. The fourth-order valence-electron chi connectivity index (χ4n) is 4.23. The van der Waals surface area contributed by atoms with E-state index >= 15 is 0 Å². The van der Waals surface area contributed by atoms with E-state index in [1.54, 1.807) is 22.0 Å². The normalized spacial score (nSPS) is 18.1. The first kappa shape index (κ1) is 22.2. The Bertz CT molecular complexity index is 1250. The molecule has 2 aliphatic rings. The van der Waals surface area contributed by atoms with Gasteiger partial charge in [0.05, 0.1) is 28.6 Å². The molecule has 1 saturated heterocycles. The van der Waals surface area contributed by atoms with Crippen LogP contribution in [-0.2, 0) is 0 Å². The van der Waals surface area contributed by atoms with Crippen LogP contribution in [0, 0.1) is 19.7 Å². The number of piperazine rings is 1. The molecule has 3 aromatic heterocycles. The van der Waals surface area contributed by atoms with Gasteiger partial charge in [-0.15, -0.1) is 0 Å². The van der Waals surface area contributed by atoms with Crippen LogP contribution in [0.1, 0.15) is 29.4 Å². The molecular formula is C22H23ClFN9O. The third kappa shape index (κ3) is 4.07. The quantitative estimate of drug-likeness (QED) is 0.568. The molecule has 0 aliphatic carbocycles. The number of hydrogen-bond donors (Lipinski definition) is 0. The van der Waals surface area contributed by atoms with Crippen LogP contribution in [-0.4, -0.2) is 73.1 Å². The molecular weight excluding hydrogens is 461 g/mol. The summed E-state index contributed by atoms with van der Waals surface area (Å²) in [6.45, 7) is 5.95. The number of aryl methyl sites for hydroxylation is 1. The second kappa shape index (κ2) is 8.98. The van der Waals surface area contributed by atoms with Crippen molar-refractivity contribution in [1.82, 2.24) is 34.6 Å². The Hall–Kier alpha value is -3.60. The molecule has 0 radical (unpaired) electrons. The van der Waals surface area contributed by atoms with Gasteiger partial charge in [0.15, 0.2) is 5.82 Å². The zero-order valence-corrected chi connectivity index (χ0v) is 19.5. The van der Waals surface area contributed by atoms with E-state index in [0.29, 0.717) is 49.0 Å². The van der Waals surface area contributed by atoms with Gasteiger partial charge in [-0.1, -0.05) is 11.6 Å². The van der Waals surface area contributed by atoms with Crippen molar-refractivity contribution >= 4 is 29.7 Å². The molecule has 176 valence electrons. The lowest BCUT2D eigenvalue weighted by Crippen LogP contribution is -2.52. The number of amides is 2. The first-order chi connectivity index (χ1) is 16.4. The molecule has 2 aliphatic heterocycles. The minimum atomic E-state index is -0.433. The number of hydrogen-bond acceptors (Lipinski definition) is 7. The highest BCUT2D eigenvalue weighted by molar-refractivity contribution is 6.31. The van der Waals surface area contributed by atoms with E-state index < -0.39 is 5.82 Å². The maximum atomic E-state index is 13.6. The lowest BCUT2D eigenvalue weighted by molar-refractivity contribution is 0.139. The van der Waals surface area contributed by atoms with Crippen molar-refractivity contribution in [3.63, 3.8) is 0 Å². The number of rotatable bonds is 3. The van der Waals surface area contributed by atoms with Crippen molar-refractivity contribution in [2.75, 3.05) is 31.1 Å². The van der Waals surface area contributed by atoms with Crippen LogP contribution in [0.4, 0.5) is 15.0 Å². The number of carbonyl (C=O) groups is 1. The van der Waals surface area contributed by atoms with Gasteiger partial charge in [-0.05, 0) is 25.5 Å².